The van der Waals surface area contributed by atoms with Gasteiger partial charge in [-0.1, -0.05) is 65.0 Å². The zero-order chi connectivity index (χ0) is 28.2. The molecule has 36 heavy (non-hydrogen) atoms. The van der Waals surface area contributed by atoms with Gasteiger partial charge in [0.25, 0.3) is 0 Å². The van der Waals surface area contributed by atoms with Crippen molar-refractivity contribution in [2.75, 3.05) is 32.8 Å². The van der Waals surface area contributed by atoms with Crippen LogP contribution in [-0.4, -0.2) is 33.8 Å². The maximum absolute atomic E-state index is 9.17. The van der Waals surface area contributed by atoms with E-state index >= 15 is 0 Å². The lowest BCUT2D eigenvalue weighted by molar-refractivity contribution is -0.107. The highest BCUT2D eigenvalue weighted by Gasteiger charge is 1.98. The molecule has 3 aromatic rings. The molecule has 0 heterocycles. The third-order valence-electron chi connectivity index (χ3n) is 4.05. The molecular weight excluding hydrogens is 466 g/mol. The molecule has 5 heteroatoms. The van der Waals surface area contributed by atoms with E-state index in [0.29, 0.717) is 6.42 Å². The normalized spacial score (nSPS) is 8.19. The molecule has 4 nitrogen and oxygen atoms in total. The number of hydrogen-bond donors (Lipinski definition) is 1. The van der Waals surface area contributed by atoms with Crippen molar-refractivity contribution in [3.05, 3.63) is 83.9 Å². The molecule has 0 saturated heterocycles. The van der Waals surface area contributed by atoms with Crippen molar-refractivity contribution in [2.24, 2.45) is 0 Å². The van der Waals surface area contributed by atoms with Gasteiger partial charge in [-0.3, -0.25) is 0 Å². The number of ether oxygens (including phenoxy) is 2. The molecule has 0 atom stereocenters. The van der Waals surface area contributed by atoms with Crippen LogP contribution in [0, 0.1) is 13.8 Å². The topological polar surface area (TPSA) is 47.6 Å². The van der Waals surface area contributed by atoms with Gasteiger partial charge < -0.3 is 19.6 Å². The molecule has 0 amide bonds. The van der Waals surface area contributed by atoms with E-state index in [1.54, 1.807) is 26.0 Å². The predicted octanol–water partition coefficient (Wildman–Crippen LogP) is 9.11. The number of benzene rings is 3. The van der Waals surface area contributed by atoms with E-state index in [4.69, 9.17) is 9.47 Å². The first kappa shape index (κ1) is 37.6. The van der Waals surface area contributed by atoms with Crippen LogP contribution in [0.2, 0.25) is 0 Å². The lowest BCUT2D eigenvalue weighted by Gasteiger charge is -2.05. The van der Waals surface area contributed by atoms with E-state index in [-0.39, 0.29) is 0 Å². The van der Waals surface area contributed by atoms with Gasteiger partial charge in [-0.2, -0.15) is 0 Å². The highest BCUT2D eigenvalue weighted by atomic mass is 32.2. The summed E-state index contributed by atoms with van der Waals surface area (Å²) in [6.07, 6.45) is 3.59. The Bertz CT molecular complexity index is 871. The van der Waals surface area contributed by atoms with Crippen LogP contribution in [-0.2, 0) is 4.79 Å². The van der Waals surface area contributed by atoms with Crippen molar-refractivity contribution >= 4 is 23.7 Å². The SMILES string of the molecule is CC.CC.CCC=O.CNc1cccc(C)c1.COc1ccc(OC)c(C)c1.CSc1ccccc1. The summed E-state index contributed by atoms with van der Waals surface area (Å²) in [4.78, 5) is 10.5. The predicted molar refractivity (Wildman–Crippen MR) is 162 cm³/mol. The summed E-state index contributed by atoms with van der Waals surface area (Å²) in [5.41, 5.74) is 3.56. The van der Waals surface area contributed by atoms with Crippen molar-refractivity contribution in [1.82, 2.24) is 0 Å². The second-order valence-corrected chi connectivity index (χ2v) is 7.43. The van der Waals surface area contributed by atoms with Gasteiger partial charge in [0.15, 0.2) is 0 Å². The summed E-state index contributed by atoms with van der Waals surface area (Å²) in [6, 6.07) is 24.3. The Balaban J connectivity index is -0.000000400. The van der Waals surface area contributed by atoms with E-state index < -0.39 is 0 Å². The minimum Gasteiger partial charge on any atom is -0.497 e. The minimum absolute atomic E-state index is 0.639. The van der Waals surface area contributed by atoms with Crippen LogP contribution in [0.15, 0.2) is 77.7 Å². The minimum atomic E-state index is 0.639. The number of aryl methyl sites for hydroxylation is 2. The summed E-state index contributed by atoms with van der Waals surface area (Å²) >= 11 is 1.77. The third-order valence-corrected chi connectivity index (χ3v) is 4.80. The number of carbonyl (C=O) groups excluding carboxylic acids is 1. The molecule has 0 aliphatic rings. The van der Waals surface area contributed by atoms with Gasteiger partial charge in [0, 0.05) is 24.1 Å². The maximum Gasteiger partial charge on any atom is 0.122 e. The number of methoxy groups -OCH3 is 2. The first-order chi connectivity index (χ1) is 17.4. The van der Waals surface area contributed by atoms with Crippen LogP contribution in [0.25, 0.3) is 0 Å². The molecule has 0 fully saturated rings. The first-order valence-electron chi connectivity index (χ1n) is 12.4. The molecule has 3 aromatic carbocycles. The Kier molecular flexibility index (Phi) is 29.6. The van der Waals surface area contributed by atoms with Crippen molar-refractivity contribution < 1.29 is 14.3 Å². The van der Waals surface area contributed by atoms with Gasteiger partial charge >= 0.3 is 0 Å². The van der Waals surface area contributed by atoms with E-state index in [9.17, 15) is 4.79 Å². The number of anilines is 1. The van der Waals surface area contributed by atoms with Crippen LogP contribution >= 0.6 is 11.8 Å². The summed E-state index contributed by atoms with van der Waals surface area (Å²) in [5.74, 6) is 1.76. The number of aldehydes is 1. The van der Waals surface area contributed by atoms with Crippen LogP contribution in [0.4, 0.5) is 5.69 Å². The van der Waals surface area contributed by atoms with Crippen LogP contribution < -0.4 is 14.8 Å². The fraction of sp³-hybridized carbons (Fsp3) is 0.387. The van der Waals surface area contributed by atoms with Crippen LogP contribution in [0.5, 0.6) is 11.5 Å². The summed E-state index contributed by atoms with van der Waals surface area (Å²) < 4.78 is 10.1. The summed E-state index contributed by atoms with van der Waals surface area (Å²) in [6.45, 7) is 13.9. The Morgan fingerprint density at radius 2 is 1.42 bits per heavy atom. The Hall–Kier alpha value is -2.92. The fourth-order valence-corrected chi connectivity index (χ4v) is 2.76. The van der Waals surface area contributed by atoms with Gasteiger partial charge in [-0.05, 0) is 73.7 Å². The van der Waals surface area contributed by atoms with Gasteiger partial charge in [0.1, 0.15) is 17.8 Å². The number of hydrogen-bond acceptors (Lipinski definition) is 5. The first-order valence-corrected chi connectivity index (χ1v) is 13.6. The quantitative estimate of drug-likeness (QED) is 0.271. The van der Waals surface area contributed by atoms with Crippen molar-refractivity contribution in [2.45, 2.75) is 59.8 Å². The van der Waals surface area contributed by atoms with Gasteiger partial charge in [-0.15, -0.1) is 11.8 Å². The van der Waals surface area contributed by atoms with Gasteiger partial charge in [0.05, 0.1) is 14.2 Å². The molecule has 0 bridgehead atoms. The molecule has 0 aromatic heterocycles. The van der Waals surface area contributed by atoms with E-state index in [1.807, 2.05) is 97.1 Å². The third kappa shape index (κ3) is 20.5. The number of rotatable bonds is 5. The Morgan fingerprint density at radius 3 is 1.75 bits per heavy atom. The summed E-state index contributed by atoms with van der Waals surface area (Å²) in [7, 11) is 5.24. The molecule has 0 radical (unpaired) electrons. The molecule has 0 saturated carbocycles. The highest BCUT2D eigenvalue weighted by Crippen LogP contribution is 2.22. The number of thioether (sulfide) groups is 1. The van der Waals surface area contributed by atoms with Crippen molar-refractivity contribution in [3.8, 4) is 11.5 Å². The molecule has 3 rings (SSSR count). The fourth-order valence-electron chi connectivity index (χ4n) is 2.34. The Labute approximate surface area is 225 Å². The van der Waals surface area contributed by atoms with Crippen molar-refractivity contribution in [1.29, 1.82) is 0 Å². The molecular formula is C31H49NO3S. The number of nitrogens with one attached hydrogen (secondary N) is 1. The smallest absolute Gasteiger partial charge is 0.122 e. The number of carbonyl (C=O) groups is 1. The van der Waals surface area contributed by atoms with Crippen LogP contribution in [0.1, 0.15) is 52.2 Å². The molecule has 0 unspecified atom stereocenters. The second kappa shape index (κ2) is 28.3. The maximum atomic E-state index is 9.17. The standard InChI is InChI=1S/C9H12O2.C8H11N.C7H8S.C3H6O.2C2H6/c1-7-6-8(10-2)4-5-9(7)11-3;1-7-4-3-5-8(6-7)9-2;1-8-7-5-3-2-4-6-7;1-2-3-4;2*1-2/h4-6H,1-3H3;3-6,9H,1-2H3;2-6H,1H3;3H,2H2,1H3;2*1-2H3. The average Bonchev–Trinajstić information content (AvgIpc) is 2.96. The molecule has 0 aliphatic heterocycles. The monoisotopic (exact) mass is 515 g/mol. The largest absolute Gasteiger partial charge is 0.497 e. The lowest BCUT2D eigenvalue weighted by Crippen LogP contribution is -1.88. The lowest BCUT2D eigenvalue weighted by atomic mass is 10.2. The van der Waals surface area contributed by atoms with Gasteiger partial charge in [-0.25, -0.2) is 0 Å². The van der Waals surface area contributed by atoms with E-state index in [2.05, 4.69) is 42.8 Å². The van der Waals surface area contributed by atoms with E-state index in [0.717, 1.165) is 23.3 Å². The molecule has 1 N–H and O–H groups in total. The summed E-state index contributed by atoms with van der Waals surface area (Å²) in [5, 5.41) is 3.07. The molecule has 202 valence electrons. The zero-order valence-electron chi connectivity index (χ0n) is 24.3. The molecule has 0 spiro atoms. The molecule has 0 aliphatic carbocycles. The Morgan fingerprint density at radius 1 is 0.833 bits per heavy atom. The average molecular weight is 516 g/mol. The highest BCUT2D eigenvalue weighted by molar-refractivity contribution is 7.98. The van der Waals surface area contributed by atoms with Gasteiger partial charge in [0.2, 0.25) is 0 Å². The van der Waals surface area contributed by atoms with Crippen LogP contribution in [0.3, 0.4) is 0 Å². The zero-order valence-corrected chi connectivity index (χ0v) is 25.2. The second-order valence-electron chi connectivity index (χ2n) is 6.55. The van der Waals surface area contributed by atoms with E-state index in [1.165, 1.54) is 16.1 Å². The van der Waals surface area contributed by atoms with Crippen molar-refractivity contribution in [3.63, 3.8) is 0 Å².